The number of fused-ring (bicyclic) bond motifs is 1. The van der Waals surface area contributed by atoms with Crippen molar-refractivity contribution >= 4 is 70.5 Å². The van der Waals surface area contributed by atoms with Crippen LogP contribution in [0, 0.1) is 0 Å². The Labute approximate surface area is 312 Å². The predicted molar refractivity (Wildman–Crippen MR) is 187 cm³/mol. The van der Waals surface area contributed by atoms with Crippen LogP contribution < -0.4 is 36.9 Å². The van der Waals surface area contributed by atoms with Crippen LogP contribution in [0.2, 0.25) is 10.0 Å². The van der Waals surface area contributed by atoms with E-state index in [-0.39, 0.29) is 76.1 Å². The van der Waals surface area contributed by atoms with E-state index < -0.39 is 60.2 Å². The van der Waals surface area contributed by atoms with Gasteiger partial charge < -0.3 is 25.6 Å². The van der Waals surface area contributed by atoms with Gasteiger partial charge in [0.15, 0.2) is 6.61 Å². The molecule has 17 nitrogen and oxygen atoms in total. The number of hydrogen-bond acceptors (Lipinski definition) is 11. The van der Waals surface area contributed by atoms with E-state index in [1.165, 1.54) is 18.2 Å². The van der Waals surface area contributed by atoms with Gasteiger partial charge >= 0.3 is 0 Å². The molecule has 4 aliphatic rings. The van der Waals surface area contributed by atoms with Crippen molar-refractivity contribution in [2.45, 2.75) is 56.3 Å². The van der Waals surface area contributed by atoms with E-state index in [1.54, 1.807) is 23.1 Å². The van der Waals surface area contributed by atoms with Crippen molar-refractivity contribution in [2.24, 2.45) is 0 Å². The van der Waals surface area contributed by atoms with Gasteiger partial charge in [-0.2, -0.15) is 0 Å². The molecule has 280 valence electrons. The van der Waals surface area contributed by atoms with Crippen LogP contribution in [0.5, 0.6) is 5.75 Å². The average Bonchev–Trinajstić information content (AvgIpc) is 3.69. The van der Waals surface area contributed by atoms with E-state index in [0.29, 0.717) is 32.5 Å². The monoisotopic (exact) mass is 770 g/mol. The molecule has 19 heteroatoms. The van der Waals surface area contributed by atoms with E-state index in [0.717, 1.165) is 4.90 Å². The lowest BCUT2D eigenvalue weighted by molar-refractivity contribution is -0.136. The van der Waals surface area contributed by atoms with Crippen LogP contribution in [0.1, 0.15) is 63.2 Å². The summed E-state index contributed by atoms with van der Waals surface area (Å²) >= 11 is 12.3. The number of carbonyl (C=O) groups excluding carboxylic acids is 8. The summed E-state index contributed by atoms with van der Waals surface area (Å²) in [5.74, 6) is -4.26. The van der Waals surface area contributed by atoms with Gasteiger partial charge in [-0.25, -0.2) is 5.43 Å². The van der Waals surface area contributed by atoms with Gasteiger partial charge in [0.2, 0.25) is 23.6 Å². The molecule has 6 N–H and O–H groups in total. The molecule has 3 atom stereocenters. The quantitative estimate of drug-likeness (QED) is 0.162. The fraction of sp³-hybridized carbons (Fsp3) is 0.412. The predicted octanol–water partition coefficient (Wildman–Crippen LogP) is -0.338. The van der Waals surface area contributed by atoms with Crippen LogP contribution in [-0.2, 0) is 24.0 Å². The number of hydrogen-bond donors (Lipinski definition) is 6. The first-order valence-corrected chi connectivity index (χ1v) is 17.7. The Balaban J connectivity index is 0.910. The number of hydrazine groups is 1. The highest BCUT2D eigenvalue weighted by Gasteiger charge is 2.46. The summed E-state index contributed by atoms with van der Waals surface area (Å²) in [5.41, 5.74) is 5.85. The third-order valence-electron chi connectivity index (χ3n) is 9.41. The number of rotatable bonds is 11. The summed E-state index contributed by atoms with van der Waals surface area (Å²) in [6.07, 6.45) is 1.02. The zero-order valence-corrected chi connectivity index (χ0v) is 29.7. The molecule has 0 saturated carbocycles. The number of benzene rings is 2. The van der Waals surface area contributed by atoms with Gasteiger partial charge in [-0.1, -0.05) is 35.3 Å². The molecule has 2 aromatic rings. The molecule has 0 aromatic heterocycles. The van der Waals surface area contributed by atoms with Crippen molar-refractivity contribution in [2.75, 3.05) is 32.8 Å². The molecular formula is C34H36Cl2N8O9. The standard InChI is InChI=1S/C34H36Cl2N8O9/c35-19-4-2-5-20(36)28(19)31(49)40-21-15-38-42-29(21)32(50)39-17-10-13-43(14-11-17)26(47)9-12-37-25(46)16-53-23-6-1-3-18-27(23)34(52)44(33(18)51)22-7-8-24(45)41-30(22)48/h1-6,17,21-22,29,38,42H,7-16H2,(H,37,46)(H,39,50)(H,40,49)(H,41,45,48). The summed E-state index contributed by atoms with van der Waals surface area (Å²) in [7, 11) is 0. The van der Waals surface area contributed by atoms with E-state index in [2.05, 4.69) is 32.1 Å². The van der Waals surface area contributed by atoms with Gasteiger partial charge in [-0.3, -0.25) is 54.0 Å². The number of amides is 8. The molecule has 6 rings (SSSR count). The van der Waals surface area contributed by atoms with Crippen LogP contribution in [0.3, 0.4) is 0 Å². The molecule has 4 heterocycles. The Morgan fingerprint density at radius 1 is 0.906 bits per heavy atom. The number of nitrogens with one attached hydrogen (secondary N) is 6. The van der Waals surface area contributed by atoms with E-state index >= 15 is 0 Å². The second kappa shape index (κ2) is 16.3. The lowest BCUT2D eigenvalue weighted by atomic mass is 10.0. The van der Waals surface area contributed by atoms with Gasteiger partial charge in [0.05, 0.1) is 32.8 Å². The maximum Gasteiger partial charge on any atom is 0.266 e. The summed E-state index contributed by atoms with van der Waals surface area (Å²) < 4.78 is 5.58. The summed E-state index contributed by atoms with van der Waals surface area (Å²) in [5, 5.41) is 10.9. The SMILES string of the molecule is O=C(COc1cccc2c1C(=O)N(C1CCC(=O)NC1=O)C2=O)NCCC(=O)N1CCC(NC(=O)C2NNCC2NC(=O)c2c(Cl)cccc2Cl)CC1. The van der Waals surface area contributed by atoms with Crippen molar-refractivity contribution in [3.05, 3.63) is 63.1 Å². The van der Waals surface area contributed by atoms with Gasteiger partial charge in [0.1, 0.15) is 17.8 Å². The highest BCUT2D eigenvalue weighted by Crippen LogP contribution is 2.33. The van der Waals surface area contributed by atoms with Gasteiger partial charge in [0.25, 0.3) is 23.6 Å². The summed E-state index contributed by atoms with van der Waals surface area (Å²) in [6, 6.07) is 6.39. The number of likely N-dealkylation sites (tertiary alicyclic amines) is 1. The Hall–Kier alpha value is -5.10. The van der Waals surface area contributed by atoms with Crippen LogP contribution >= 0.6 is 23.2 Å². The minimum Gasteiger partial charge on any atom is -0.483 e. The van der Waals surface area contributed by atoms with Crippen LogP contribution in [0.4, 0.5) is 0 Å². The van der Waals surface area contributed by atoms with Gasteiger partial charge in [-0.15, -0.1) is 0 Å². The molecular weight excluding hydrogens is 735 g/mol. The molecule has 4 aliphatic heterocycles. The Kier molecular flexibility index (Phi) is 11.6. The minimum absolute atomic E-state index is 0.00361. The molecule has 0 aliphatic carbocycles. The molecule has 53 heavy (non-hydrogen) atoms. The van der Waals surface area contributed by atoms with Crippen molar-refractivity contribution in [3.8, 4) is 5.75 Å². The first kappa shape index (κ1) is 37.7. The minimum atomic E-state index is -1.14. The lowest BCUT2D eigenvalue weighted by Crippen LogP contribution is -2.56. The lowest BCUT2D eigenvalue weighted by Gasteiger charge is -2.33. The fourth-order valence-electron chi connectivity index (χ4n) is 6.66. The second-order valence-electron chi connectivity index (χ2n) is 12.9. The molecule has 3 unspecified atom stereocenters. The number of ether oxygens (including phenoxy) is 1. The molecule has 3 fully saturated rings. The topological polar surface area (TPSA) is 224 Å². The molecule has 8 amide bonds. The molecule has 0 radical (unpaired) electrons. The molecule has 3 saturated heterocycles. The molecule has 0 bridgehead atoms. The fourth-order valence-corrected chi connectivity index (χ4v) is 7.23. The normalized spacial score (nSPS) is 21.6. The van der Waals surface area contributed by atoms with Gasteiger partial charge in [-0.05, 0) is 43.5 Å². The van der Waals surface area contributed by atoms with E-state index in [1.807, 2.05) is 0 Å². The highest BCUT2D eigenvalue weighted by molar-refractivity contribution is 6.39. The zero-order chi connectivity index (χ0) is 37.8. The maximum atomic E-state index is 13.2. The Morgan fingerprint density at radius 3 is 2.34 bits per heavy atom. The second-order valence-corrected chi connectivity index (χ2v) is 13.7. The largest absolute Gasteiger partial charge is 0.483 e. The Morgan fingerprint density at radius 2 is 1.62 bits per heavy atom. The number of halogens is 2. The maximum absolute atomic E-state index is 13.2. The zero-order valence-electron chi connectivity index (χ0n) is 28.2. The van der Waals surface area contributed by atoms with Crippen molar-refractivity contribution in [1.29, 1.82) is 0 Å². The number of nitrogens with zero attached hydrogens (tertiary/aromatic N) is 2. The van der Waals surface area contributed by atoms with Crippen molar-refractivity contribution < 1.29 is 43.1 Å². The Bertz CT molecular complexity index is 1850. The van der Waals surface area contributed by atoms with E-state index in [9.17, 15) is 38.4 Å². The van der Waals surface area contributed by atoms with Crippen molar-refractivity contribution in [1.82, 2.24) is 41.9 Å². The summed E-state index contributed by atoms with van der Waals surface area (Å²) in [4.78, 5) is 104. The number of imide groups is 2. The first-order chi connectivity index (χ1) is 25.4. The summed E-state index contributed by atoms with van der Waals surface area (Å²) in [6.45, 7) is 0.604. The molecule has 2 aromatic carbocycles. The third kappa shape index (κ3) is 8.27. The average molecular weight is 772 g/mol. The number of piperidine rings is 2. The van der Waals surface area contributed by atoms with Crippen LogP contribution in [0.15, 0.2) is 36.4 Å². The third-order valence-corrected chi connectivity index (χ3v) is 10.0. The molecule has 0 spiro atoms. The highest BCUT2D eigenvalue weighted by atomic mass is 35.5. The van der Waals surface area contributed by atoms with Crippen molar-refractivity contribution in [3.63, 3.8) is 0 Å². The first-order valence-electron chi connectivity index (χ1n) is 17.0. The van der Waals surface area contributed by atoms with Gasteiger partial charge in [0, 0.05) is 45.1 Å². The van der Waals surface area contributed by atoms with E-state index in [4.69, 9.17) is 27.9 Å². The van der Waals surface area contributed by atoms with Crippen LogP contribution in [0.25, 0.3) is 0 Å². The smallest absolute Gasteiger partial charge is 0.266 e. The number of carbonyl (C=O) groups is 8. The van der Waals surface area contributed by atoms with Crippen LogP contribution in [-0.4, -0.2) is 114 Å².